The van der Waals surface area contributed by atoms with E-state index in [0.29, 0.717) is 23.1 Å². The number of aromatic nitrogens is 2. The quantitative estimate of drug-likeness (QED) is 0.584. The molecule has 0 saturated carbocycles. The molecule has 0 aliphatic rings. The van der Waals surface area contributed by atoms with Gasteiger partial charge in [-0.3, -0.25) is 15.0 Å². The molecule has 1 N–H and O–H groups in total. The number of benzene rings is 3. The van der Waals surface area contributed by atoms with Gasteiger partial charge in [0.1, 0.15) is 18.7 Å². The topological polar surface area (TPSA) is 73.2 Å². The first-order chi connectivity index (χ1) is 13.7. The van der Waals surface area contributed by atoms with Crippen molar-refractivity contribution in [3.05, 3.63) is 107 Å². The smallest absolute Gasteiger partial charge is 0.280 e. The molecule has 4 rings (SSSR count). The van der Waals surface area contributed by atoms with Crippen LogP contribution >= 0.6 is 0 Å². The molecule has 1 aromatic heterocycles. The van der Waals surface area contributed by atoms with Gasteiger partial charge in [0.15, 0.2) is 0 Å². The van der Waals surface area contributed by atoms with Crippen LogP contribution in [0, 0.1) is 0 Å². The fourth-order valence-electron chi connectivity index (χ4n) is 2.76. The first kappa shape index (κ1) is 17.5. The number of ether oxygens (including phenoxy) is 1. The highest BCUT2D eigenvalue weighted by atomic mass is 16.5. The number of para-hydroxylation sites is 2. The van der Waals surface area contributed by atoms with E-state index in [2.05, 4.69) is 10.4 Å². The van der Waals surface area contributed by atoms with Crippen molar-refractivity contribution < 1.29 is 9.53 Å². The highest BCUT2D eigenvalue weighted by Crippen LogP contribution is 2.12. The van der Waals surface area contributed by atoms with Gasteiger partial charge in [-0.25, -0.2) is 9.66 Å². The first-order valence-electron chi connectivity index (χ1n) is 8.75. The third-order valence-electron chi connectivity index (χ3n) is 4.25. The van der Waals surface area contributed by atoms with Crippen molar-refractivity contribution in [2.75, 3.05) is 5.43 Å². The predicted octanol–water partition coefficient (Wildman–Crippen LogP) is 3.36. The molecule has 0 spiro atoms. The zero-order valence-corrected chi connectivity index (χ0v) is 14.9. The molecular formula is C22H17N3O3. The van der Waals surface area contributed by atoms with Crippen LogP contribution < -0.4 is 15.7 Å². The molecule has 0 bridgehead atoms. The maximum atomic E-state index is 12.5. The summed E-state index contributed by atoms with van der Waals surface area (Å²) in [5, 5.41) is 0.443. The Balaban J connectivity index is 1.45. The Hall–Kier alpha value is -3.93. The molecule has 138 valence electrons. The Bertz CT molecular complexity index is 1170. The van der Waals surface area contributed by atoms with Gasteiger partial charge in [-0.1, -0.05) is 42.5 Å². The Labute approximate surface area is 161 Å². The molecule has 0 aliphatic heterocycles. The number of nitrogens with one attached hydrogen (secondary N) is 1. The molecule has 1 heterocycles. The van der Waals surface area contributed by atoms with E-state index in [1.165, 1.54) is 6.33 Å². The summed E-state index contributed by atoms with van der Waals surface area (Å²) in [6.07, 6.45) is 1.31. The van der Waals surface area contributed by atoms with Crippen LogP contribution in [0.25, 0.3) is 10.9 Å². The van der Waals surface area contributed by atoms with Crippen molar-refractivity contribution in [3.63, 3.8) is 0 Å². The maximum Gasteiger partial charge on any atom is 0.280 e. The molecule has 3 aromatic carbocycles. The second kappa shape index (κ2) is 7.75. The zero-order chi connectivity index (χ0) is 19.3. The molecule has 0 atom stereocenters. The van der Waals surface area contributed by atoms with E-state index in [9.17, 15) is 9.59 Å². The summed E-state index contributed by atoms with van der Waals surface area (Å²) >= 11 is 0. The summed E-state index contributed by atoms with van der Waals surface area (Å²) in [7, 11) is 0. The number of amides is 1. The summed E-state index contributed by atoms with van der Waals surface area (Å²) in [6.45, 7) is 0.403. The van der Waals surface area contributed by atoms with Gasteiger partial charge < -0.3 is 4.74 Å². The standard InChI is InChI=1S/C22H17N3O3/c26-21(24-25-15-23-20-9-5-4-8-19(20)22(25)27)17-12-10-16(11-13-17)14-28-18-6-2-1-3-7-18/h1-13,15H,14H2,(H,24,26). The number of nitrogens with zero attached hydrogens (tertiary/aromatic N) is 2. The minimum Gasteiger partial charge on any atom is -0.489 e. The number of hydrogen-bond acceptors (Lipinski definition) is 4. The molecule has 0 unspecified atom stereocenters. The number of carbonyl (C=O) groups excluding carboxylic acids is 1. The highest BCUT2D eigenvalue weighted by molar-refractivity contribution is 6.00. The minimum atomic E-state index is -0.394. The number of carbonyl (C=O) groups is 1. The normalized spacial score (nSPS) is 10.6. The van der Waals surface area contributed by atoms with Gasteiger partial charge in [0.25, 0.3) is 11.5 Å². The second-order valence-electron chi connectivity index (χ2n) is 6.18. The summed E-state index contributed by atoms with van der Waals surface area (Å²) < 4.78 is 6.78. The molecule has 6 heteroatoms. The van der Waals surface area contributed by atoms with Gasteiger partial charge >= 0.3 is 0 Å². The maximum absolute atomic E-state index is 12.5. The van der Waals surface area contributed by atoms with Gasteiger partial charge in [-0.05, 0) is 42.0 Å². The minimum absolute atomic E-state index is 0.327. The fraction of sp³-hybridized carbons (Fsp3) is 0.0455. The summed E-state index contributed by atoms with van der Waals surface area (Å²) in [4.78, 5) is 29.1. The van der Waals surface area contributed by atoms with Crippen molar-refractivity contribution in [3.8, 4) is 5.75 Å². The SMILES string of the molecule is O=C(Nn1cnc2ccccc2c1=O)c1ccc(COc2ccccc2)cc1. The van der Waals surface area contributed by atoms with Crippen molar-refractivity contribution in [2.24, 2.45) is 0 Å². The van der Waals surface area contributed by atoms with Crippen LogP contribution in [-0.2, 0) is 6.61 Å². The van der Waals surface area contributed by atoms with Gasteiger partial charge in [0.05, 0.1) is 10.9 Å². The number of hydrogen-bond donors (Lipinski definition) is 1. The Morgan fingerprint density at radius 2 is 1.64 bits per heavy atom. The van der Waals surface area contributed by atoms with Gasteiger partial charge in [0.2, 0.25) is 0 Å². The highest BCUT2D eigenvalue weighted by Gasteiger charge is 2.09. The van der Waals surface area contributed by atoms with Crippen LogP contribution in [0.4, 0.5) is 0 Å². The number of rotatable bonds is 5. The van der Waals surface area contributed by atoms with Crippen LogP contribution in [0.15, 0.2) is 90.0 Å². The van der Waals surface area contributed by atoms with Gasteiger partial charge in [0, 0.05) is 5.56 Å². The predicted molar refractivity (Wildman–Crippen MR) is 107 cm³/mol. The first-order valence-corrected chi connectivity index (χ1v) is 8.75. The summed E-state index contributed by atoms with van der Waals surface area (Å²) in [5.74, 6) is 0.391. The second-order valence-corrected chi connectivity index (χ2v) is 6.18. The molecular weight excluding hydrogens is 354 g/mol. The monoisotopic (exact) mass is 371 g/mol. The van der Waals surface area contributed by atoms with Crippen LogP contribution in [0.1, 0.15) is 15.9 Å². The van der Waals surface area contributed by atoms with E-state index in [4.69, 9.17) is 4.74 Å². The molecule has 0 saturated heterocycles. The number of fused-ring (bicyclic) bond motifs is 1. The molecule has 28 heavy (non-hydrogen) atoms. The Kier molecular flexibility index (Phi) is 4.84. The van der Waals surface area contributed by atoms with E-state index in [1.54, 1.807) is 36.4 Å². The van der Waals surface area contributed by atoms with Gasteiger partial charge in [-0.15, -0.1) is 0 Å². The molecule has 4 aromatic rings. The van der Waals surface area contributed by atoms with Gasteiger partial charge in [-0.2, -0.15) is 0 Å². The van der Waals surface area contributed by atoms with E-state index < -0.39 is 5.91 Å². The molecule has 0 aliphatic carbocycles. The van der Waals surface area contributed by atoms with Crippen molar-refractivity contribution >= 4 is 16.8 Å². The molecule has 1 amide bonds. The summed E-state index contributed by atoms with van der Waals surface area (Å²) in [6, 6.07) is 23.5. The Morgan fingerprint density at radius 3 is 2.43 bits per heavy atom. The van der Waals surface area contributed by atoms with Crippen LogP contribution in [0.2, 0.25) is 0 Å². The molecule has 0 fully saturated rings. The lowest BCUT2D eigenvalue weighted by Gasteiger charge is -2.09. The largest absolute Gasteiger partial charge is 0.489 e. The van der Waals surface area contributed by atoms with Crippen LogP contribution in [-0.4, -0.2) is 15.6 Å². The van der Waals surface area contributed by atoms with Crippen molar-refractivity contribution in [1.29, 1.82) is 0 Å². The third-order valence-corrected chi connectivity index (χ3v) is 4.25. The van der Waals surface area contributed by atoms with Crippen molar-refractivity contribution in [2.45, 2.75) is 6.61 Å². The van der Waals surface area contributed by atoms with E-state index >= 15 is 0 Å². The molecule has 6 nitrogen and oxygen atoms in total. The lowest BCUT2D eigenvalue weighted by Crippen LogP contribution is -2.33. The third kappa shape index (κ3) is 3.76. The average Bonchev–Trinajstić information content (AvgIpc) is 2.75. The van der Waals surface area contributed by atoms with E-state index in [0.717, 1.165) is 16.0 Å². The lowest BCUT2D eigenvalue weighted by atomic mass is 10.1. The van der Waals surface area contributed by atoms with Crippen LogP contribution in [0.5, 0.6) is 5.75 Å². The summed E-state index contributed by atoms with van der Waals surface area (Å²) in [5.41, 5.74) is 4.19. The zero-order valence-electron chi connectivity index (χ0n) is 14.9. The Morgan fingerprint density at radius 1 is 0.929 bits per heavy atom. The average molecular weight is 371 g/mol. The lowest BCUT2D eigenvalue weighted by molar-refractivity contribution is 0.101. The van der Waals surface area contributed by atoms with Crippen LogP contribution in [0.3, 0.4) is 0 Å². The molecule has 0 radical (unpaired) electrons. The van der Waals surface area contributed by atoms with E-state index in [1.807, 2.05) is 42.5 Å². The van der Waals surface area contributed by atoms with E-state index in [-0.39, 0.29) is 5.56 Å². The fourth-order valence-corrected chi connectivity index (χ4v) is 2.76. The van der Waals surface area contributed by atoms with Crippen molar-refractivity contribution in [1.82, 2.24) is 9.66 Å².